The van der Waals surface area contributed by atoms with E-state index in [-0.39, 0.29) is 6.42 Å². The minimum absolute atomic E-state index is 0.125. The molecule has 3 nitrogen and oxygen atoms in total. The maximum absolute atomic E-state index is 10.9. The Morgan fingerprint density at radius 1 is 1.21 bits per heavy atom. The van der Waals surface area contributed by atoms with E-state index in [9.17, 15) is 9.59 Å². The van der Waals surface area contributed by atoms with Crippen LogP contribution >= 0.6 is 11.6 Å². The van der Waals surface area contributed by atoms with E-state index in [1.54, 1.807) is 24.3 Å². The number of halogens is 1. The number of carbonyl (C=O) groups excluding carboxylic acids is 2. The van der Waals surface area contributed by atoms with Crippen molar-refractivity contribution in [3.05, 3.63) is 34.9 Å². The third-order valence-electron chi connectivity index (χ3n) is 2.09. The lowest BCUT2D eigenvalue weighted by Gasteiger charge is -2.07. The van der Waals surface area contributed by atoms with Crippen molar-refractivity contribution in [2.75, 3.05) is 0 Å². The van der Waals surface area contributed by atoms with Gasteiger partial charge in [0, 0.05) is 5.02 Å². The minimum atomic E-state index is -0.745. The molecule has 1 atom stereocenters. The van der Waals surface area contributed by atoms with E-state index in [1.165, 1.54) is 0 Å². The SMILES string of the molecule is O=C1CC(c2ccc(Cl)cc2)OC1=O. The third-order valence-corrected chi connectivity index (χ3v) is 2.34. The molecule has 0 N–H and O–H groups in total. The molecule has 0 aromatic heterocycles. The molecule has 0 bridgehead atoms. The fourth-order valence-electron chi connectivity index (χ4n) is 1.35. The molecule has 4 heteroatoms. The van der Waals surface area contributed by atoms with Gasteiger partial charge in [-0.2, -0.15) is 0 Å². The Labute approximate surface area is 85.6 Å². The lowest BCUT2D eigenvalue weighted by atomic mass is 10.1. The van der Waals surface area contributed by atoms with Gasteiger partial charge < -0.3 is 4.74 Å². The molecular weight excluding hydrogens is 204 g/mol. The van der Waals surface area contributed by atoms with E-state index in [4.69, 9.17) is 16.3 Å². The first-order chi connectivity index (χ1) is 6.66. The van der Waals surface area contributed by atoms with Crippen molar-refractivity contribution >= 4 is 23.4 Å². The summed E-state index contributed by atoms with van der Waals surface area (Å²) in [6, 6.07) is 6.90. The summed E-state index contributed by atoms with van der Waals surface area (Å²) in [5.41, 5.74) is 0.800. The first kappa shape index (κ1) is 9.21. The summed E-state index contributed by atoms with van der Waals surface area (Å²) < 4.78 is 4.87. The fourth-order valence-corrected chi connectivity index (χ4v) is 1.48. The van der Waals surface area contributed by atoms with E-state index in [1.807, 2.05) is 0 Å². The molecule has 1 saturated heterocycles. The van der Waals surface area contributed by atoms with Crippen LogP contribution in [0.5, 0.6) is 0 Å². The first-order valence-corrected chi connectivity index (χ1v) is 4.54. The molecule has 0 radical (unpaired) electrons. The smallest absolute Gasteiger partial charge is 0.375 e. The molecular formula is C10H7ClO3. The van der Waals surface area contributed by atoms with Crippen molar-refractivity contribution in [3.63, 3.8) is 0 Å². The number of ether oxygens (including phenoxy) is 1. The minimum Gasteiger partial charge on any atom is -0.451 e. The highest BCUT2D eigenvalue weighted by Crippen LogP contribution is 2.28. The normalized spacial score (nSPS) is 21.1. The van der Waals surface area contributed by atoms with Gasteiger partial charge in [0.1, 0.15) is 6.10 Å². The van der Waals surface area contributed by atoms with Gasteiger partial charge in [-0.25, -0.2) is 4.79 Å². The standard InChI is InChI=1S/C10H7ClO3/c11-7-3-1-6(2-4-7)9-5-8(12)10(13)14-9/h1-4,9H,5H2. The zero-order valence-electron chi connectivity index (χ0n) is 7.20. The number of Topliss-reactive ketones (excluding diaryl/α,β-unsaturated/α-hetero) is 1. The fraction of sp³-hybridized carbons (Fsp3) is 0.200. The average Bonchev–Trinajstić information content (AvgIpc) is 2.48. The zero-order valence-corrected chi connectivity index (χ0v) is 7.95. The maximum atomic E-state index is 10.9. The molecule has 1 aliphatic rings. The topological polar surface area (TPSA) is 43.4 Å². The summed E-state index contributed by atoms with van der Waals surface area (Å²) in [4.78, 5) is 21.8. The summed E-state index contributed by atoms with van der Waals surface area (Å²) in [7, 11) is 0. The van der Waals surface area contributed by atoms with Crippen LogP contribution in [0.3, 0.4) is 0 Å². The highest BCUT2D eigenvalue weighted by atomic mass is 35.5. The molecule has 1 aromatic rings. The number of benzene rings is 1. The van der Waals surface area contributed by atoms with Crippen LogP contribution in [0.25, 0.3) is 0 Å². The Bertz CT molecular complexity index is 367. The lowest BCUT2D eigenvalue weighted by molar-refractivity contribution is -0.149. The highest BCUT2D eigenvalue weighted by Gasteiger charge is 2.33. The molecule has 72 valence electrons. The number of cyclic esters (lactones) is 1. The number of esters is 1. The van der Waals surface area contributed by atoms with Gasteiger partial charge in [0.2, 0.25) is 5.78 Å². The van der Waals surface area contributed by atoms with Gasteiger partial charge in [0.05, 0.1) is 6.42 Å². The summed E-state index contributed by atoms with van der Waals surface area (Å²) in [6.45, 7) is 0. The first-order valence-electron chi connectivity index (χ1n) is 4.16. The van der Waals surface area contributed by atoms with E-state index in [0.29, 0.717) is 5.02 Å². The molecule has 0 amide bonds. The van der Waals surface area contributed by atoms with Gasteiger partial charge in [-0.05, 0) is 17.7 Å². The van der Waals surface area contributed by atoms with E-state index >= 15 is 0 Å². The van der Waals surface area contributed by atoms with E-state index < -0.39 is 17.9 Å². The van der Waals surface area contributed by atoms with Crippen LogP contribution in [0.1, 0.15) is 18.1 Å². The van der Waals surface area contributed by atoms with Crippen LogP contribution in [0.4, 0.5) is 0 Å². The summed E-state index contributed by atoms with van der Waals surface area (Å²) in [5, 5.41) is 0.615. The molecule has 14 heavy (non-hydrogen) atoms. The second kappa shape index (κ2) is 3.42. The Morgan fingerprint density at radius 2 is 1.86 bits per heavy atom. The Hall–Kier alpha value is -1.35. The van der Waals surface area contributed by atoms with Crippen molar-refractivity contribution in [1.29, 1.82) is 0 Å². The molecule has 1 unspecified atom stereocenters. The van der Waals surface area contributed by atoms with Gasteiger partial charge in [-0.1, -0.05) is 23.7 Å². The van der Waals surface area contributed by atoms with Gasteiger partial charge in [0.15, 0.2) is 0 Å². The van der Waals surface area contributed by atoms with Crippen molar-refractivity contribution < 1.29 is 14.3 Å². The van der Waals surface area contributed by atoms with Crippen LogP contribution in [0, 0.1) is 0 Å². The molecule has 2 rings (SSSR count). The molecule has 0 saturated carbocycles. The lowest BCUT2D eigenvalue weighted by Crippen LogP contribution is -2.03. The van der Waals surface area contributed by atoms with Crippen LogP contribution in [-0.4, -0.2) is 11.8 Å². The Balaban J connectivity index is 2.21. The Morgan fingerprint density at radius 3 is 2.36 bits per heavy atom. The van der Waals surface area contributed by atoms with Gasteiger partial charge in [-0.15, -0.1) is 0 Å². The van der Waals surface area contributed by atoms with E-state index in [0.717, 1.165) is 5.56 Å². The monoisotopic (exact) mass is 210 g/mol. The summed E-state index contributed by atoms with van der Waals surface area (Å²) in [5.74, 6) is -1.21. The number of ketones is 1. The van der Waals surface area contributed by atoms with Crippen molar-refractivity contribution in [2.24, 2.45) is 0 Å². The van der Waals surface area contributed by atoms with Gasteiger partial charge in [-0.3, -0.25) is 4.79 Å². The quantitative estimate of drug-likeness (QED) is 0.525. The molecule has 1 heterocycles. The number of carbonyl (C=O) groups is 2. The van der Waals surface area contributed by atoms with Crippen LogP contribution in [-0.2, 0) is 14.3 Å². The zero-order chi connectivity index (χ0) is 10.1. The molecule has 0 aliphatic carbocycles. The average molecular weight is 211 g/mol. The van der Waals surface area contributed by atoms with E-state index in [2.05, 4.69) is 0 Å². The maximum Gasteiger partial charge on any atom is 0.375 e. The summed E-state index contributed by atoms with van der Waals surface area (Å²) >= 11 is 5.70. The molecule has 1 fully saturated rings. The summed E-state index contributed by atoms with van der Waals surface area (Å²) in [6.07, 6.45) is -0.312. The highest BCUT2D eigenvalue weighted by molar-refractivity contribution is 6.35. The predicted molar refractivity (Wildman–Crippen MR) is 49.9 cm³/mol. The Kier molecular flexibility index (Phi) is 2.25. The van der Waals surface area contributed by atoms with Crippen molar-refractivity contribution in [3.8, 4) is 0 Å². The second-order valence-electron chi connectivity index (χ2n) is 3.07. The molecule has 1 aliphatic heterocycles. The number of rotatable bonds is 1. The van der Waals surface area contributed by atoms with Crippen molar-refractivity contribution in [1.82, 2.24) is 0 Å². The number of hydrogen-bond donors (Lipinski definition) is 0. The van der Waals surface area contributed by atoms with Gasteiger partial charge >= 0.3 is 5.97 Å². The van der Waals surface area contributed by atoms with Crippen LogP contribution in [0.15, 0.2) is 24.3 Å². The largest absolute Gasteiger partial charge is 0.451 e. The second-order valence-corrected chi connectivity index (χ2v) is 3.51. The van der Waals surface area contributed by atoms with Crippen LogP contribution < -0.4 is 0 Å². The van der Waals surface area contributed by atoms with Crippen LogP contribution in [0.2, 0.25) is 5.02 Å². The van der Waals surface area contributed by atoms with Gasteiger partial charge in [0.25, 0.3) is 0 Å². The van der Waals surface area contributed by atoms with Crippen molar-refractivity contribution in [2.45, 2.75) is 12.5 Å². The molecule has 1 aromatic carbocycles. The third kappa shape index (κ3) is 1.63. The predicted octanol–water partition coefficient (Wildman–Crippen LogP) is 1.90. The molecule has 0 spiro atoms. The number of hydrogen-bond acceptors (Lipinski definition) is 3.